The number of nitrogens with zero attached hydrogens (tertiary/aromatic N) is 5. The van der Waals surface area contributed by atoms with Gasteiger partial charge >= 0.3 is 6.18 Å². The molecular weight excluding hydrogens is 287 g/mol. The minimum absolute atomic E-state index is 0.00777. The summed E-state index contributed by atoms with van der Waals surface area (Å²) in [5.74, 6) is -0.101. The molecule has 2 rings (SSSR count). The first-order valence-corrected chi connectivity index (χ1v) is 7.18. The van der Waals surface area contributed by atoms with Crippen molar-refractivity contribution in [1.29, 1.82) is 0 Å². The number of aromatic nitrogens is 4. The fraction of sp³-hybridized carbons (Fsp3) is 0.875. The molecule has 11 heteroatoms. The normalized spacial score (nSPS) is 20.6. The van der Waals surface area contributed by atoms with Gasteiger partial charge in [-0.05, 0) is 23.3 Å². The molecular formula is C8H12F3N5O2S. The largest absolute Gasteiger partial charge is 0.408 e. The molecule has 0 aromatic carbocycles. The summed E-state index contributed by atoms with van der Waals surface area (Å²) >= 11 is 0. The molecule has 108 valence electrons. The van der Waals surface area contributed by atoms with Crippen LogP contribution in [0, 0.1) is 0 Å². The van der Waals surface area contributed by atoms with Crippen molar-refractivity contribution in [3.05, 3.63) is 5.82 Å². The Morgan fingerprint density at radius 1 is 1.26 bits per heavy atom. The molecule has 0 saturated carbocycles. The third-order valence-electron chi connectivity index (χ3n) is 2.71. The maximum absolute atomic E-state index is 12.3. The molecule has 0 radical (unpaired) electrons. The molecule has 0 atom stereocenters. The van der Waals surface area contributed by atoms with E-state index in [1.165, 1.54) is 0 Å². The Balaban J connectivity index is 2.13. The summed E-state index contributed by atoms with van der Waals surface area (Å²) in [5.41, 5.74) is 0. The van der Waals surface area contributed by atoms with Gasteiger partial charge in [-0.25, -0.2) is 13.1 Å². The number of halogens is 3. The number of tetrazole rings is 1. The lowest BCUT2D eigenvalue weighted by Crippen LogP contribution is -2.38. The molecule has 1 aromatic rings. The van der Waals surface area contributed by atoms with Gasteiger partial charge in [-0.2, -0.15) is 17.5 Å². The summed E-state index contributed by atoms with van der Waals surface area (Å²) in [4.78, 5) is 0. The highest BCUT2D eigenvalue weighted by atomic mass is 32.2. The van der Waals surface area contributed by atoms with E-state index in [-0.39, 0.29) is 24.7 Å². The van der Waals surface area contributed by atoms with Crippen molar-refractivity contribution in [3.63, 3.8) is 0 Å². The van der Waals surface area contributed by atoms with Crippen molar-refractivity contribution in [2.45, 2.75) is 32.1 Å². The van der Waals surface area contributed by atoms with Gasteiger partial charge < -0.3 is 0 Å². The molecule has 2 heterocycles. The maximum atomic E-state index is 12.3. The smallest absolute Gasteiger partial charge is 0.219 e. The maximum Gasteiger partial charge on any atom is 0.408 e. The predicted octanol–water partition coefficient (Wildman–Crippen LogP) is 0.161. The zero-order valence-electron chi connectivity index (χ0n) is 9.84. The molecule has 7 nitrogen and oxygen atoms in total. The molecule has 1 saturated heterocycles. The van der Waals surface area contributed by atoms with Crippen molar-refractivity contribution < 1.29 is 21.6 Å². The van der Waals surface area contributed by atoms with Gasteiger partial charge in [0.15, 0.2) is 5.82 Å². The van der Waals surface area contributed by atoms with Crippen LogP contribution >= 0.6 is 0 Å². The summed E-state index contributed by atoms with van der Waals surface area (Å²) < 4.78 is 62.0. The van der Waals surface area contributed by atoms with E-state index in [2.05, 4.69) is 15.5 Å². The van der Waals surface area contributed by atoms with Gasteiger partial charge in [0.25, 0.3) is 0 Å². The van der Waals surface area contributed by atoms with Crippen molar-refractivity contribution in [2.24, 2.45) is 0 Å². The van der Waals surface area contributed by atoms with Gasteiger partial charge in [-0.1, -0.05) is 0 Å². The number of sulfonamides is 1. The van der Waals surface area contributed by atoms with Crippen LogP contribution in [0.25, 0.3) is 0 Å². The Bertz CT molecular complexity index is 541. The fourth-order valence-corrected chi connectivity index (χ4v) is 3.35. The standard InChI is InChI=1S/C8H12F3N5O2S/c9-8(10,11)6-16-7(12-13-14-16)5-15-3-1-2-4-19(15,17)18/h1-6H2. The van der Waals surface area contributed by atoms with E-state index in [0.717, 1.165) is 4.31 Å². The molecule has 1 aliphatic heterocycles. The minimum atomic E-state index is -4.45. The van der Waals surface area contributed by atoms with Crippen LogP contribution in [0.15, 0.2) is 0 Å². The molecule has 1 aliphatic rings. The Labute approximate surface area is 107 Å². The first-order valence-electron chi connectivity index (χ1n) is 5.57. The van der Waals surface area contributed by atoms with Crippen LogP contribution in [0.2, 0.25) is 0 Å². The zero-order chi connectivity index (χ0) is 14.1. The quantitative estimate of drug-likeness (QED) is 0.794. The Morgan fingerprint density at radius 2 is 2.00 bits per heavy atom. The van der Waals surface area contributed by atoms with Gasteiger partial charge in [0, 0.05) is 6.54 Å². The third-order valence-corrected chi connectivity index (χ3v) is 4.61. The summed E-state index contributed by atoms with van der Waals surface area (Å²) in [6.45, 7) is -1.28. The molecule has 19 heavy (non-hydrogen) atoms. The highest BCUT2D eigenvalue weighted by Gasteiger charge is 2.32. The van der Waals surface area contributed by atoms with Crippen molar-refractivity contribution in [2.75, 3.05) is 12.3 Å². The van der Waals surface area contributed by atoms with E-state index in [1.807, 2.05) is 0 Å². The van der Waals surface area contributed by atoms with Gasteiger partial charge in [0.1, 0.15) is 6.54 Å². The van der Waals surface area contributed by atoms with Crippen LogP contribution in [0.1, 0.15) is 18.7 Å². The van der Waals surface area contributed by atoms with Gasteiger partial charge in [0.05, 0.1) is 12.3 Å². The second kappa shape index (κ2) is 5.04. The van der Waals surface area contributed by atoms with Crippen LogP contribution in [0.4, 0.5) is 13.2 Å². The third kappa shape index (κ3) is 3.62. The predicted molar refractivity (Wildman–Crippen MR) is 57.3 cm³/mol. The minimum Gasteiger partial charge on any atom is -0.219 e. The first-order chi connectivity index (χ1) is 8.78. The van der Waals surface area contributed by atoms with Crippen molar-refractivity contribution in [3.8, 4) is 0 Å². The monoisotopic (exact) mass is 299 g/mol. The molecule has 0 N–H and O–H groups in total. The summed E-state index contributed by atoms with van der Waals surface area (Å²) in [7, 11) is -3.42. The SMILES string of the molecule is O=S1(=O)CCCCN1Cc1nnnn1CC(F)(F)F. The van der Waals surface area contributed by atoms with Crippen LogP contribution in [0.3, 0.4) is 0 Å². The van der Waals surface area contributed by atoms with E-state index in [9.17, 15) is 21.6 Å². The average molecular weight is 299 g/mol. The first kappa shape index (κ1) is 14.2. The van der Waals surface area contributed by atoms with Crippen LogP contribution in [-0.4, -0.2) is 51.4 Å². The topological polar surface area (TPSA) is 81.0 Å². The van der Waals surface area contributed by atoms with E-state index >= 15 is 0 Å². The van der Waals surface area contributed by atoms with E-state index in [1.54, 1.807) is 0 Å². The number of hydrogen-bond acceptors (Lipinski definition) is 5. The molecule has 0 spiro atoms. The fourth-order valence-electron chi connectivity index (χ4n) is 1.81. The van der Waals surface area contributed by atoms with Gasteiger partial charge in [0.2, 0.25) is 10.0 Å². The Morgan fingerprint density at radius 3 is 2.63 bits per heavy atom. The number of hydrogen-bond donors (Lipinski definition) is 0. The molecule has 0 amide bonds. The highest BCUT2D eigenvalue weighted by Crippen LogP contribution is 2.19. The lowest BCUT2D eigenvalue weighted by Gasteiger charge is -2.25. The van der Waals surface area contributed by atoms with E-state index in [4.69, 9.17) is 0 Å². The Hall–Kier alpha value is -1.23. The molecule has 0 bridgehead atoms. The van der Waals surface area contributed by atoms with Gasteiger partial charge in [-0.3, -0.25) is 0 Å². The van der Waals surface area contributed by atoms with E-state index < -0.39 is 22.7 Å². The number of alkyl halides is 3. The average Bonchev–Trinajstić information content (AvgIpc) is 2.66. The lowest BCUT2D eigenvalue weighted by molar-refractivity contribution is -0.143. The van der Waals surface area contributed by atoms with Crippen molar-refractivity contribution >= 4 is 10.0 Å². The lowest BCUT2D eigenvalue weighted by atomic mass is 10.3. The molecule has 1 fully saturated rings. The molecule has 0 unspecified atom stereocenters. The van der Waals surface area contributed by atoms with Crippen LogP contribution < -0.4 is 0 Å². The summed E-state index contributed by atoms with van der Waals surface area (Å²) in [6.07, 6.45) is -3.21. The second-order valence-corrected chi connectivity index (χ2v) is 6.31. The van der Waals surface area contributed by atoms with Crippen LogP contribution in [-0.2, 0) is 23.1 Å². The summed E-state index contributed by atoms with van der Waals surface area (Å²) in [6, 6.07) is 0. The molecule has 1 aromatic heterocycles. The highest BCUT2D eigenvalue weighted by molar-refractivity contribution is 7.89. The van der Waals surface area contributed by atoms with Crippen molar-refractivity contribution in [1.82, 2.24) is 24.5 Å². The number of rotatable bonds is 3. The zero-order valence-corrected chi connectivity index (χ0v) is 10.7. The van der Waals surface area contributed by atoms with Crippen LogP contribution in [0.5, 0.6) is 0 Å². The molecule has 0 aliphatic carbocycles. The summed E-state index contributed by atoms with van der Waals surface area (Å²) in [5, 5.41) is 9.85. The van der Waals surface area contributed by atoms with E-state index in [0.29, 0.717) is 17.5 Å². The second-order valence-electron chi connectivity index (χ2n) is 4.22. The Kier molecular flexibility index (Phi) is 3.76. The van der Waals surface area contributed by atoms with Gasteiger partial charge in [-0.15, -0.1) is 5.10 Å².